The third-order valence-corrected chi connectivity index (χ3v) is 2.77. The summed E-state index contributed by atoms with van der Waals surface area (Å²) in [5.74, 6) is 0.970. The molecule has 2 heterocycles. The Morgan fingerprint density at radius 3 is 2.13 bits per heavy atom. The van der Waals surface area contributed by atoms with Crippen LogP contribution in [0, 0.1) is 6.92 Å². The van der Waals surface area contributed by atoms with Crippen LogP contribution < -0.4 is 10.6 Å². The Hall–Kier alpha value is -0.610. The van der Waals surface area contributed by atoms with E-state index in [4.69, 9.17) is 5.73 Å². The predicted molar refractivity (Wildman–Crippen MR) is 68.3 cm³/mol. The number of nitrogen functional groups attached to an aromatic ring is 1. The molecule has 1 saturated heterocycles. The summed E-state index contributed by atoms with van der Waals surface area (Å²) in [5.41, 5.74) is 7.85. The van der Waals surface area contributed by atoms with Crippen molar-refractivity contribution >= 4 is 36.3 Å². The number of aromatic nitrogens is 2. The fraction of sp³-hybridized carbons (Fsp3) is 0.667. The van der Waals surface area contributed by atoms with Crippen molar-refractivity contribution in [2.45, 2.75) is 19.8 Å². The molecule has 1 aliphatic heterocycles. The van der Waals surface area contributed by atoms with E-state index in [0.717, 1.165) is 30.3 Å². The minimum absolute atomic E-state index is 0. The van der Waals surface area contributed by atoms with Gasteiger partial charge < -0.3 is 10.6 Å². The first kappa shape index (κ1) is 14.4. The molecule has 0 aromatic carbocycles. The van der Waals surface area contributed by atoms with E-state index in [-0.39, 0.29) is 24.8 Å². The van der Waals surface area contributed by atoms with Crippen molar-refractivity contribution in [3.8, 4) is 0 Å². The SMILES string of the molecule is Cc1c(N)c(N2CCCC2)nn1C.Cl.Cl. The van der Waals surface area contributed by atoms with Crippen LogP contribution in [0.15, 0.2) is 0 Å². The van der Waals surface area contributed by atoms with E-state index in [9.17, 15) is 0 Å². The highest BCUT2D eigenvalue weighted by molar-refractivity contribution is 5.85. The average molecular weight is 253 g/mol. The number of rotatable bonds is 1. The quantitative estimate of drug-likeness (QED) is 0.829. The fourth-order valence-electron chi connectivity index (χ4n) is 1.77. The topological polar surface area (TPSA) is 47.1 Å². The number of nitrogens with zero attached hydrogens (tertiary/aromatic N) is 3. The molecule has 1 aromatic heterocycles. The molecule has 1 aromatic rings. The largest absolute Gasteiger partial charge is 0.394 e. The molecule has 2 rings (SSSR count). The first-order valence-electron chi connectivity index (χ1n) is 4.74. The van der Waals surface area contributed by atoms with E-state index >= 15 is 0 Å². The highest BCUT2D eigenvalue weighted by Gasteiger charge is 2.19. The lowest BCUT2D eigenvalue weighted by molar-refractivity contribution is 0.731. The van der Waals surface area contributed by atoms with Gasteiger partial charge in [-0.2, -0.15) is 5.10 Å². The van der Waals surface area contributed by atoms with Gasteiger partial charge >= 0.3 is 0 Å². The highest BCUT2D eigenvalue weighted by Crippen LogP contribution is 2.27. The lowest BCUT2D eigenvalue weighted by Crippen LogP contribution is -2.19. The van der Waals surface area contributed by atoms with Crippen molar-refractivity contribution in [2.24, 2.45) is 7.05 Å². The smallest absolute Gasteiger partial charge is 0.174 e. The fourth-order valence-corrected chi connectivity index (χ4v) is 1.77. The second-order valence-electron chi connectivity index (χ2n) is 3.64. The molecule has 88 valence electrons. The number of anilines is 2. The van der Waals surface area contributed by atoms with Crippen molar-refractivity contribution in [2.75, 3.05) is 23.7 Å². The minimum atomic E-state index is 0. The summed E-state index contributed by atoms with van der Waals surface area (Å²) in [6.45, 7) is 4.20. The van der Waals surface area contributed by atoms with Gasteiger partial charge in [0.15, 0.2) is 5.82 Å². The zero-order valence-electron chi connectivity index (χ0n) is 9.06. The highest BCUT2D eigenvalue weighted by atomic mass is 35.5. The average Bonchev–Trinajstić information content (AvgIpc) is 2.70. The zero-order valence-corrected chi connectivity index (χ0v) is 10.7. The van der Waals surface area contributed by atoms with Gasteiger partial charge in [-0.05, 0) is 19.8 Å². The summed E-state index contributed by atoms with van der Waals surface area (Å²) < 4.78 is 1.85. The molecule has 0 spiro atoms. The second-order valence-corrected chi connectivity index (χ2v) is 3.64. The summed E-state index contributed by atoms with van der Waals surface area (Å²) >= 11 is 0. The Labute approximate surface area is 103 Å². The molecule has 0 unspecified atom stereocenters. The maximum Gasteiger partial charge on any atom is 0.174 e. The number of nitrogens with two attached hydrogens (primary N) is 1. The van der Waals surface area contributed by atoms with Gasteiger partial charge in [0.1, 0.15) is 0 Å². The molecule has 2 N–H and O–H groups in total. The molecular weight excluding hydrogens is 235 g/mol. The Balaban J connectivity index is 0.000000980. The zero-order chi connectivity index (χ0) is 9.42. The van der Waals surface area contributed by atoms with Gasteiger partial charge in [-0.1, -0.05) is 0 Å². The van der Waals surface area contributed by atoms with Crippen LogP contribution in [0.3, 0.4) is 0 Å². The lowest BCUT2D eigenvalue weighted by atomic mass is 10.3. The van der Waals surface area contributed by atoms with E-state index in [0.29, 0.717) is 0 Å². The van der Waals surface area contributed by atoms with Gasteiger partial charge in [0.25, 0.3) is 0 Å². The third kappa shape index (κ3) is 2.49. The molecule has 0 radical (unpaired) electrons. The van der Waals surface area contributed by atoms with Gasteiger partial charge in [-0.15, -0.1) is 24.8 Å². The van der Waals surface area contributed by atoms with Crippen LogP contribution >= 0.6 is 24.8 Å². The van der Waals surface area contributed by atoms with Gasteiger partial charge in [0.2, 0.25) is 0 Å². The monoisotopic (exact) mass is 252 g/mol. The van der Waals surface area contributed by atoms with Gasteiger partial charge in [0.05, 0.1) is 11.4 Å². The molecule has 1 fully saturated rings. The summed E-state index contributed by atoms with van der Waals surface area (Å²) in [6.07, 6.45) is 2.52. The maximum atomic E-state index is 5.96. The van der Waals surface area contributed by atoms with Gasteiger partial charge in [0, 0.05) is 20.1 Å². The molecular formula is C9H18Cl2N4. The van der Waals surface area contributed by atoms with Crippen molar-refractivity contribution in [1.82, 2.24) is 9.78 Å². The number of halogens is 2. The van der Waals surface area contributed by atoms with E-state index < -0.39 is 0 Å². The van der Waals surface area contributed by atoms with Crippen molar-refractivity contribution < 1.29 is 0 Å². The molecule has 1 aliphatic rings. The van der Waals surface area contributed by atoms with Gasteiger partial charge in [-0.3, -0.25) is 4.68 Å². The maximum absolute atomic E-state index is 5.96. The van der Waals surface area contributed by atoms with E-state index in [2.05, 4.69) is 10.00 Å². The first-order valence-corrected chi connectivity index (χ1v) is 4.74. The van der Waals surface area contributed by atoms with Crippen LogP contribution in [0.2, 0.25) is 0 Å². The molecule has 4 nitrogen and oxygen atoms in total. The predicted octanol–water partition coefficient (Wildman–Crippen LogP) is 1.75. The normalized spacial score (nSPS) is 14.7. The van der Waals surface area contributed by atoms with Crippen molar-refractivity contribution in [3.05, 3.63) is 5.69 Å². The molecule has 0 bridgehead atoms. The van der Waals surface area contributed by atoms with Crippen LogP contribution in [0.4, 0.5) is 11.5 Å². The Bertz CT molecular complexity index is 318. The van der Waals surface area contributed by atoms with Crippen LogP contribution in [0.5, 0.6) is 0 Å². The summed E-state index contributed by atoms with van der Waals surface area (Å²) in [6, 6.07) is 0. The summed E-state index contributed by atoms with van der Waals surface area (Å²) in [7, 11) is 1.94. The van der Waals surface area contributed by atoms with E-state index in [1.54, 1.807) is 0 Å². The minimum Gasteiger partial charge on any atom is -0.394 e. The van der Waals surface area contributed by atoms with Crippen molar-refractivity contribution in [3.63, 3.8) is 0 Å². The summed E-state index contributed by atoms with van der Waals surface area (Å²) in [5, 5.41) is 4.41. The third-order valence-electron chi connectivity index (χ3n) is 2.77. The van der Waals surface area contributed by atoms with Crippen LogP contribution in [0.25, 0.3) is 0 Å². The van der Waals surface area contributed by atoms with Crippen LogP contribution in [0.1, 0.15) is 18.5 Å². The second kappa shape index (κ2) is 5.47. The number of aryl methyl sites for hydroxylation is 1. The van der Waals surface area contributed by atoms with E-state index in [1.807, 2.05) is 18.7 Å². The Morgan fingerprint density at radius 2 is 1.73 bits per heavy atom. The number of hydrogen-bond donors (Lipinski definition) is 1. The standard InChI is InChI=1S/C9H16N4.2ClH/c1-7-8(10)9(11-12(7)2)13-5-3-4-6-13;;/h3-6,10H2,1-2H3;2*1H. The Morgan fingerprint density at radius 1 is 1.20 bits per heavy atom. The molecule has 0 saturated carbocycles. The Kier molecular flexibility index (Phi) is 5.24. The molecule has 15 heavy (non-hydrogen) atoms. The lowest BCUT2D eigenvalue weighted by Gasteiger charge is -2.14. The first-order chi connectivity index (χ1) is 6.20. The summed E-state index contributed by atoms with van der Waals surface area (Å²) in [4.78, 5) is 2.27. The van der Waals surface area contributed by atoms with Gasteiger partial charge in [-0.25, -0.2) is 0 Å². The molecule has 0 aliphatic carbocycles. The number of hydrogen-bond acceptors (Lipinski definition) is 3. The van der Waals surface area contributed by atoms with Crippen LogP contribution in [-0.2, 0) is 7.05 Å². The molecule has 0 amide bonds. The molecule has 6 heteroatoms. The van der Waals surface area contributed by atoms with E-state index in [1.165, 1.54) is 12.8 Å². The van der Waals surface area contributed by atoms with Crippen molar-refractivity contribution in [1.29, 1.82) is 0 Å². The van der Waals surface area contributed by atoms with Crippen LogP contribution in [-0.4, -0.2) is 22.9 Å². The molecule has 0 atom stereocenters.